The first-order valence-corrected chi connectivity index (χ1v) is 7.93. The minimum Gasteiger partial charge on any atom is -0.570 e. The van der Waals surface area contributed by atoms with E-state index in [0.29, 0.717) is 0 Å². The monoisotopic (exact) mass is 289 g/mol. The lowest BCUT2D eigenvalue weighted by atomic mass is 9.98. The molecule has 1 heterocycles. The summed E-state index contributed by atoms with van der Waals surface area (Å²) in [4.78, 5) is 0. The zero-order valence-corrected chi connectivity index (χ0v) is 10.6. The Morgan fingerprint density at radius 1 is 1.24 bits per heavy atom. The summed E-state index contributed by atoms with van der Waals surface area (Å²) in [6, 6.07) is -1.25. The van der Waals surface area contributed by atoms with Gasteiger partial charge in [0.05, 0.1) is 6.61 Å². The first-order valence-electron chi connectivity index (χ1n) is 4.70. The molecule has 7 atom stereocenters. The lowest BCUT2D eigenvalue weighted by Gasteiger charge is -2.39. The van der Waals surface area contributed by atoms with Crippen LogP contribution in [0.5, 0.6) is 0 Å². The van der Waals surface area contributed by atoms with Crippen LogP contribution < -0.4 is 4.72 Å². The van der Waals surface area contributed by atoms with Crippen LogP contribution in [0.25, 0.3) is 0 Å². The van der Waals surface area contributed by atoms with Crippen molar-refractivity contribution in [3.05, 3.63) is 0 Å². The Bertz CT molecular complexity index is 246. The predicted molar refractivity (Wildman–Crippen MR) is 59.1 cm³/mol. The van der Waals surface area contributed by atoms with Crippen LogP contribution >= 0.6 is 0 Å². The molecule has 0 aromatic heterocycles. The highest BCUT2D eigenvalue weighted by Gasteiger charge is 2.47. The quantitative estimate of drug-likeness (QED) is 0.262. The first-order chi connectivity index (χ1) is 7.88. The number of hydrogen-bond donors (Lipinski definition) is 5. The Morgan fingerprint density at radius 2 is 1.82 bits per heavy atom. The van der Waals surface area contributed by atoms with E-state index in [0.717, 1.165) is 0 Å². The van der Waals surface area contributed by atoms with Crippen molar-refractivity contribution in [2.24, 2.45) is 0 Å². The van der Waals surface area contributed by atoms with E-state index in [2.05, 4.69) is 4.72 Å². The summed E-state index contributed by atoms with van der Waals surface area (Å²) in [6.45, 7) is -0.579. The summed E-state index contributed by atoms with van der Waals surface area (Å²) in [5, 5.41) is 37.5. The topological polar surface area (TPSA) is 148 Å². The van der Waals surface area contributed by atoms with E-state index >= 15 is 0 Å². The summed E-state index contributed by atoms with van der Waals surface area (Å²) in [6.07, 6.45) is -4.46. The highest BCUT2D eigenvalue weighted by Crippen LogP contribution is 2.20. The molecule has 1 rings (SSSR count). The molecule has 10 heteroatoms. The smallest absolute Gasteiger partial charge is 0.268 e. The average molecular weight is 289 g/mol. The molecule has 8 nitrogen and oxygen atoms in total. The van der Waals surface area contributed by atoms with E-state index in [1.54, 1.807) is 0 Å². The Hall–Kier alpha value is 0.380. The van der Waals surface area contributed by atoms with E-state index < -0.39 is 57.9 Å². The van der Waals surface area contributed by atoms with Gasteiger partial charge in [-0.2, -0.15) is 0 Å². The molecule has 0 saturated carbocycles. The first kappa shape index (κ1) is 15.4. The molecule has 0 bridgehead atoms. The highest BCUT2D eigenvalue weighted by molar-refractivity contribution is 8.66. The van der Waals surface area contributed by atoms with Gasteiger partial charge in [-0.05, 0) is 0 Å². The SMILES string of the molecule is C[S+]([O-])[S+]([O-])N[C@H]1C(O)O[C@H](CO)[C@@H](O)[C@@H]1O. The van der Waals surface area contributed by atoms with Gasteiger partial charge in [-0.1, -0.05) is 4.72 Å². The van der Waals surface area contributed by atoms with Crippen molar-refractivity contribution in [3.8, 4) is 0 Å². The third-order valence-corrected chi connectivity index (χ3v) is 4.80. The van der Waals surface area contributed by atoms with Gasteiger partial charge < -0.3 is 34.3 Å². The molecule has 0 aromatic rings. The molecule has 102 valence electrons. The summed E-state index contributed by atoms with van der Waals surface area (Å²) < 4.78 is 29.1. The van der Waals surface area contributed by atoms with Gasteiger partial charge in [0, 0.05) is 0 Å². The second kappa shape index (κ2) is 6.52. The van der Waals surface area contributed by atoms with E-state index in [9.17, 15) is 24.4 Å². The number of hydrogen-bond acceptors (Lipinski definition) is 8. The molecule has 0 aliphatic carbocycles. The van der Waals surface area contributed by atoms with Gasteiger partial charge >= 0.3 is 0 Å². The van der Waals surface area contributed by atoms with Crippen LogP contribution in [0.15, 0.2) is 0 Å². The van der Waals surface area contributed by atoms with Gasteiger partial charge in [-0.25, -0.2) is 0 Å². The fraction of sp³-hybridized carbons (Fsp3) is 1.00. The zero-order valence-electron chi connectivity index (χ0n) is 8.92. The number of ether oxygens (including phenoxy) is 1. The van der Waals surface area contributed by atoms with Gasteiger partial charge in [0.1, 0.15) is 30.6 Å². The van der Waals surface area contributed by atoms with Crippen molar-refractivity contribution >= 4 is 20.6 Å². The van der Waals surface area contributed by atoms with E-state index in [1.807, 2.05) is 0 Å². The van der Waals surface area contributed by atoms with E-state index in [-0.39, 0.29) is 0 Å². The Labute approximate surface area is 103 Å². The molecule has 1 aliphatic heterocycles. The summed E-state index contributed by atoms with van der Waals surface area (Å²) in [5.74, 6) is 0. The van der Waals surface area contributed by atoms with Crippen molar-refractivity contribution in [2.75, 3.05) is 12.9 Å². The lowest BCUT2D eigenvalue weighted by Crippen LogP contribution is -2.64. The summed E-state index contributed by atoms with van der Waals surface area (Å²) in [5.41, 5.74) is 0. The molecule has 0 aromatic carbocycles. The standard InChI is InChI=1S/C7H15NO7S2/c1-16(13)17(14)8-4-6(11)5(10)3(2-9)15-7(4)12/h3-12H,2H2,1H3/t3-,4-,5-,6-,7?,16?,17?/m1/s1. The minimum absolute atomic E-state index is 0.579. The van der Waals surface area contributed by atoms with Crippen molar-refractivity contribution in [1.29, 1.82) is 0 Å². The van der Waals surface area contributed by atoms with Crippen LogP contribution in [0, 0.1) is 0 Å². The number of aliphatic hydroxyl groups is 4. The Balaban J connectivity index is 2.66. The Kier molecular flexibility index (Phi) is 5.92. The highest BCUT2D eigenvalue weighted by atomic mass is 33.2. The third kappa shape index (κ3) is 3.67. The minimum atomic E-state index is -1.99. The van der Waals surface area contributed by atoms with E-state index in [4.69, 9.17) is 9.84 Å². The number of rotatable bonds is 4. The van der Waals surface area contributed by atoms with Crippen molar-refractivity contribution in [2.45, 2.75) is 30.6 Å². The molecule has 0 amide bonds. The van der Waals surface area contributed by atoms with Crippen LogP contribution in [0.1, 0.15) is 0 Å². The van der Waals surface area contributed by atoms with E-state index in [1.165, 1.54) is 6.26 Å². The van der Waals surface area contributed by atoms with Gasteiger partial charge in [-0.15, -0.1) is 0 Å². The average Bonchev–Trinajstić information content (AvgIpc) is 2.28. The molecule has 3 unspecified atom stereocenters. The van der Waals surface area contributed by atoms with Crippen molar-refractivity contribution in [3.63, 3.8) is 0 Å². The fourth-order valence-electron chi connectivity index (χ4n) is 1.40. The van der Waals surface area contributed by atoms with Crippen LogP contribution in [0.3, 0.4) is 0 Å². The van der Waals surface area contributed by atoms with Gasteiger partial charge in [0.25, 0.3) is 10.4 Å². The van der Waals surface area contributed by atoms with Gasteiger partial charge in [-0.3, -0.25) is 0 Å². The Morgan fingerprint density at radius 3 is 2.29 bits per heavy atom. The molecule has 1 aliphatic rings. The van der Waals surface area contributed by atoms with Gasteiger partial charge in [0.15, 0.2) is 16.5 Å². The predicted octanol–water partition coefficient (Wildman–Crippen LogP) is -3.67. The normalized spacial score (nSPS) is 42.2. The summed E-state index contributed by atoms with van der Waals surface area (Å²) in [7, 11) is -3.70. The fourth-order valence-corrected chi connectivity index (χ4v) is 2.76. The van der Waals surface area contributed by atoms with Crippen molar-refractivity contribution in [1.82, 2.24) is 4.72 Å². The number of aliphatic hydroxyl groups excluding tert-OH is 4. The molecular formula is C7H15NO7S2. The second-order valence-corrected chi connectivity index (χ2v) is 7.33. The second-order valence-electron chi connectivity index (χ2n) is 3.51. The molecule has 17 heavy (non-hydrogen) atoms. The molecule has 0 spiro atoms. The molecular weight excluding hydrogens is 274 g/mol. The largest absolute Gasteiger partial charge is 0.570 e. The maximum atomic E-state index is 11.3. The van der Waals surface area contributed by atoms with Crippen molar-refractivity contribution < 1.29 is 34.3 Å². The maximum absolute atomic E-state index is 11.3. The van der Waals surface area contributed by atoms with Crippen LogP contribution in [0.2, 0.25) is 0 Å². The van der Waals surface area contributed by atoms with Gasteiger partial charge in [0.2, 0.25) is 0 Å². The number of nitrogens with one attached hydrogen (secondary N) is 1. The van der Waals surface area contributed by atoms with Crippen LogP contribution in [0.4, 0.5) is 0 Å². The molecule has 0 radical (unpaired) electrons. The third-order valence-electron chi connectivity index (χ3n) is 2.35. The van der Waals surface area contributed by atoms with Crippen LogP contribution in [-0.4, -0.2) is 73.0 Å². The molecule has 1 fully saturated rings. The van der Waals surface area contributed by atoms with Crippen LogP contribution in [-0.2, 0) is 25.3 Å². The molecule has 5 N–H and O–H groups in total. The zero-order chi connectivity index (χ0) is 13.2. The summed E-state index contributed by atoms with van der Waals surface area (Å²) >= 11 is 0. The maximum Gasteiger partial charge on any atom is 0.268 e. The molecule has 1 saturated heterocycles. The lowest BCUT2D eigenvalue weighted by molar-refractivity contribution is -0.251.